The minimum atomic E-state index is -0.384. The second kappa shape index (κ2) is 7.08. The summed E-state index contributed by atoms with van der Waals surface area (Å²) in [7, 11) is 0. The van der Waals surface area contributed by atoms with Gasteiger partial charge in [0, 0.05) is 24.8 Å². The summed E-state index contributed by atoms with van der Waals surface area (Å²) < 4.78 is 0. The van der Waals surface area contributed by atoms with Gasteiger partial charge in [0.1, 0.15) is 0 Å². The molecule has 0 saturated heterocycles. The Morgan fingerprint density at radius 2 is 2.17 bits per heavy atom. The molecule has 0 aliphatic rings. The summed E-state index contributed by atoms with van der Waals surface area (Å²) in [6.45, 7) is 5.01. The molecule has 1 aromatic rings. The number of nitro benzene ring substituents is 1. The monoisotopic (exact) mass is 252 g/mol. The number of hydrogen-bond donors (Lipinski definition) is 2. The minimum absolute atomic E-state index is 0.0612. The molecule has 2 unspecified atom stereocenters. The zero-order valence-electron chi connectivity index (χ0n) is 10.8. The summed E-state index contributed by atoms with van der Waals surface area (Å²) >= 11 is 0. The van der Waals surface area contributed by atoms with E-state index in [1.165, 1.54) is 6.07 Å². The summed E-state index contributed by atoms with van der Waals surface area (Å²) in [5.74, 6) is 0.385. The van der Waals surface area contributed by atoms with Crippen LogP contribution in [-0.4, -0.2) is 23.2 Å². The first-order valence-electron chi connectivity index (χ1n) is 6.13. The lowest BCUT2D eigenvalue weighted by Crippen LogP contribution is -2.25. The third-order valence-electron chi connectivity index (χ3n) is 2.98. The van der Waals surface area contributed by atoms with Crippen LogP contribution < -0.4 is 5.32 Å². The second-order valence-electron chi connectivity index (χ2n) is 4.60. The number of hydrogen-bond acceptors (Lipinski definition) is 4. The van der Waals surface area contributed by atoms with Crippen molar-refractivity contribution in [1.82, 2.24) is 5.32 Å². The molecule has 2 N–H and O–H groups in total. The van der Waals surface area contributed by atoms with Crippen molar-refractivity contribution >= 4 is 5.69 Å². The Kier molecular flexibility index (Phi) is 5.74. The number of rotatable bonds is 7. The standard InChI is InChI=1S/C13H20N2O3/c1-10(6-7-16)9-14-11(2)12-4-3-5-13(8-12)15(17)18/h3-5,8,10-11,14,16H,6-7,9H2,1-2H3. The zero-order valence-corrected chi connectivity index (χ0v) is 10.8. The van der Waals surface area contributed by atoms with Crippen molar-refractivity contribution in [3.8, 4) is 0 Å². The Labute approximate surface area is 107 Å². The maximum absolute atomic E-state index is 10.7. The number of aliphatic hydroxyl groups is 1. The first-order chi connectivity index (χ1) is 8.54. The number of nitrogens with one attached hydrogen (secondary N) is 1. The first-order valence-corrected chi connectivity index (χ1v) is 6.13. The van der Waals surface area contributed by atoms with Gasteiger partial charge in [-0.1, -0.05) is 19.1 Å². The molecule has 0 saturated carbocycles. The summed E-state index contributed by atoms with van der Waals surface area (Å²) in [5.41, 5.74) is 1.02. The van der Waals surface area contributed by atoms with E-state index in [0.717, 1.165) is 18.5 Å². The zero-order chi connectivity index (χ0) is 13.5. The number of non-ortho nitro benzene ring substituents is 1. The molecule has 0 heterocycles. The van der Waals surface area contributed by atoms with Gasteiger partial charge in [-0.3, -0.25) is 10.1 Å². The lowest BCUT2D eigenvalue weighted by atomic mass is 10.1. The molecule has 5 heteroatoms. The van der Waals surface area contributed by atoms with E-state index in [-0.39, 0.29) is 23.3 Å². The molecule has 2 atom stereocenters. The number of benzene rings is 1. The Morgan fingerprint density at radius 1 is 1.44 bits per heavy atom. The fourth-order valence-corrected chi connectivity index (χ4v) is 1.73. The third kappa shape index (κ3) is 4.43. The highest BCUT2D eigenvalue weighted by atomic mass is 16.6. The van der Waals surface area contributed by atoms with Gasteiger partial charge in [0.05, 0.1) is 4.92 Å². The van der Waals surface area contributed by atoms with Crippen LogP contribution in [0.4, 0.5) is 5.69 Å². The highest BCUT2D eigenvalue weighted by molar-refractivity contribution is 5.35. The van der Waals surface area contributed by atoms with Crippen molar-refractivity contribution in [3.63, 3.8) is 0 Å². The van der Waals surface area contributed by atoms with Crippen LogP contribution in [0.1, 0.15) is 31.9 Å². The molecular weight excluding hydrogens is 232 g/mol. The van der Waals surface area contributed by atoms with E-state index in [1.54, 1.807) is 12.1 Å². The highest BCUT2D eigenvalue weighted by Crippen LogP contribution is 2.19. The van der Waals surface area contributed by atoms with Gasteiger partial charge in [0.2, 0.25) is 0 Å². The van der Waals surface area contributed by atoms with Crippen LogP contribution in [0.3, 0.4) is 0 Å². The van der Waals surface area contributed by atoms with Crippen molar-refractivity contribution in [1.29, 1.82) is 0 Å². The predicted octanol–water partition coefficient (Wildman–Crippen LogP) is 2.26. The summed E-state index contributed by atoms with van der Waals surface area (Å²) in [5, 5.41) is 22.8. The molecule has 0 spiro atoms. The van der Waals surface area contributed by atoms with E-state index in [0.29, 0.717) is 5.92 Å². The minimum Gasteiger partial charge on any atom is -0.396 e. The molecule has 0 fully saturated rings. The Balaban J connectivity index is 2.58. The topological polar surface area (TPSA) is 75.4 Å². The van der Waals surface area contributed by atoms with Gasteiger partial charge in [-0.15, -0.1) is 0 Å². The molecule has 0 radical (unpaired) electrons. The molecular formula is C13H20N2O3. The smallest absolute Gasteiger partial charge is 0.269 e. The van der Waals surface area contributed by atoms with Gasteiger partial charge in [0.15, 0.2) is 0 Å². The van der Waals surface area contributed by atoms with Gasteiger partial charge in [-0.05, 0) is 31.4 Å². The van der Waals surface area contributed by atoms with E-state index in [2.05, 4.69) is 12.2 Å². The van der Waals surface area contributed by atoms with Crippen LogP contribution in [0.5, 0.6) is 0 Å². The van der Waals surface area contributed by atoms with Crippen LogP contribution in [0, 0.1) is 16.0 Å². The van der Waals surface area contributed by atoms with Crippen molar-refractivity contribution in [2.24, 2.45) is 5.92 Å². The molecule has 0 aliphatic heterocycles. The molecule has 5 nitrogen and oxygen atoms in total. The van der Waals surface area contributed by atoms with Crippen molar-refractivity contribution in [2.45, 2.75) is 26.3 Å². The SMILES string of the molecule is CC(CCO)CNC(C)c1cccc([N+](=O)[O-])c1. The Morgan fingerprint density at radius 3 is 2.78 bits per heavy atom. The molecule has 1 rings (SSSR count). The van der Waals surface area contributed by atoms with Crippen molar-refractivity contribution < 1.29 is 10.0 Å². The van der Waals surface area contributed by atoms with Crippen LogP contribution in [-0.2, 0) is 0 Å². The molecule has 0 aliphatic carbocycles. The van der Waals surface area contributed by atoms with Gasteiger partial charge < -0.3 is 10.4 Å². The molecule has 0 aromatic heterocycles. The van der Waals surface area contributed by atoms with Gasteiger partial charge in [-0.25, -0.2) is 0 Å². The predicted molar refractivity (Wildman–Crippen MR) is 70.4 cm³/mol. The average Bonchev–Trinajstić information content (AvgIpc) is 2.36. The molecule has 0 amide bonds. The van der Waals surface area contributed by atoms with Gasteiger partial charge in [0.25, 0.3) is 5.69 Å². The fraction of sp³-hybridized carbons (Fsp3) is 0.538. The quantitative estimate of drug-likeness (QED) is 0.576. The second-order valence-corrected chi connectivity index (χ2v) is 4.60. The van der Waals surface area contributed by atoms with E-state index < -0.39 is 0 Å². The van der Waals surface area contributed by atoms with E-state index in [9.17, 15) is 10.1 Å². The first kappa shape index (κ1) is 14.6. The number of aliphatic hydroxyl groups excluding tert-OH is 1. The lowest BCUT2D eigenvalue weighted by Gasteiger charge is -2.17. The van der Waals surface area contributed by atoms with Crippen LogP contribution in [0.25, 0.3) is 0 Å². The normalized spacial score (nSPS) is 14.2. The molecule has 100 valence electrons. The maximum Gasteiger partial charge on any atom is 0.269 e. The summed E-state index contributed by atoms with van der Waals surface area (Å²) in [6.07, 6.45) is 0.759. The van der Waals surface area contributed by atoms with Gasteiger partial charge in [-0.2, -0.15) is 0 Å². The largest absolute Gasteiger partial charge is 0.396 e. The molecule has 1 aromatic carbocycles. The number of nitrogens with zero attached hydrogens (tertiary/aromatic N) is 1. The maximum atomic E-state index is 10.7. The lowest BCUT2D eigenvalue weighted by molar-refractivity contribution is -0.384. The highest BCUT2D eigenvalue weighted by Gasteiger charge is 2.11. The summed E-state index contributed by atoms with van der Waals surface area (Å²) in [6, 6.07) is 6.72. The summed E-state index contributed by atoms with van der Waals surface area (Å²) in [4.78, 5) is 10.3. The Bertz CT molecular complexity index is 396. The van der Waals surface area contributed by atoms with Crippen LogP contribution >= 0.6 is 0 Å². The van der Waals surface area contributed by atoms with Crippen molar-refractivity contribution in [3.05, 3.63) is 39.9 Å². The Hall–Kier alpha value is -1.46. The van der Waals surface area contributed by atoms with Gasteiger partial charge >= 0.3 is 0 Å². The number of nitro groups is 1. The molecule has 0 bridgehead atoms. The van der Waals surface area contributed by atoms with Crippen LogP contribution in [0.15, 0.2) is 24.3 Å². The van der Waals surface area contributed by atoms with E-state index >= 15 is 0 Å². The van der Waals surface area contributed by atoms with Crippen molar-refractivity contribution in [2.75, 3.05) is 13.2 Å². The average molecular weight is 252 g/mol. The van der Waals surface area contributed by atoms with E-state index in [1.807, 2.05) is 13.0 Å². The van der Waals surface area contributed by atoms with E-state index in [4.69, 9.17) is 5.11 Å². The molecule has 18 heavy (non-hydrogen) atoms. The van der Waals surface area contributed by atoms with Crippen LogP contribution in [0.2, 0.25) is 0 Å². The third-order valence-corrected chi connectivity index (χ3v) is 2.98. The fourth-order valence-electron chi connectivity index (χ4n) is 1.73.